The fourth-order valence-corrected chi connectivity index (χ4v) is 1.13. The zero-order chi connectivity index (χ0) is 10.8. The SMILES string of the molecule is COc1cc(-n2cnc(N)n2)nc(C)n1. The Bertz CT molecular complexity index is 480. The maximum atomic E-state index is 5.41. The number of hydrogen-bond donors (Lipinski definition) is 1. The summed E-state index contributed by atoms with van der Waals surface area (Å²) in [5, 5.41) is 3.93. The van der Waals surface area contributed by atoms with E-state index >= 15 is 0 Å². The van der Waals surface area contributed by atoms with Crippen LogP contribution in [0.15, 0.2) is 12.4 Å². The highest BCUT2D eigenvalue weighted by Crippen LogP contribution is 2.11. The average Bonchev–Trinajstić information content (AvgIpc) is 2.64. The summed E-state index contributed by atoms with van der Waals surface area (Å²) >= 11 is 0. The predicted molar refractivity (Wildman–Crippen MR) is 52.7 cm³/mol. The van der Waals surface area contributed by atoms with Gasteiger partial charge < -0.3 is 10.5 Å². The van der Waals surface area contributed by atoms with E-state index < -0.39 is 0 Å². The first kappa shape index (κ1) is 9.38. The zero-order valence-electron chi connectivity index (χ0n) is 8.38. The first-order valence-electron chi connectivity index (χ1n) is 4.26. The number of aromatic nitrogens is 5. The summed E-state index contributed by atoms with van der Waals surface area (Å²) < 4.78 is 6.48. The van der Waals surface area contributed by atoms with Crippen LogP contribution in [0.5, 0.6) is 5.88 Å². The molecule has 0 fully saturated rings. The lowest BCUT2D eigenvalue weighted by molar-refractivity contribution is 0.395. The maximum absolute atomic E-state index is 5.41. The molecule has 2 aromatic heterocycles. The minimum absolute atomic E-state index is 0.199. The molecule has 2 aromatic rings. The van der Waals surface area contributed by atoms with Gasteiger partial charge in [-0.2, -0.15) is 4.98 Å². The van der Waals surface area contributed by atoms with E-state index in [0.717, 1.165) is 0 Å². The van der Waals surface area contributed by atoms with Gasteiger partial charge in [0.15, 0.2) is 5.82 Å². The van der Waals surface area contributed by atoms with Crippen molar-refractivity contribution in [3.63, 3.8) is 0 Å². The molecule has 0 spiro atoms. The standard InChI is InChI=1S/C8H10N6O/c1-5-11-6(3-7(12-5)15-2)14-4-10-8(9)13-14/h3-4H,1-2H3,(H2,9,13). The molecule has 2 N–H and O–H groups in total. The summed E-state index contributed by atoms with van der Waals surface area (Å²) in [6.07, 6.45) is 1.48. The van der Waals surface area contributed by atoms with Crippen molar-refractivity contribution in [2.75, 3.05) is 12.8 Å². The number of rotatable bonds is 2. The van der Waals surface area contributed by atoms with E-state index in [1.54, 1.807) is 20.1 Å². The van der Waals surface area contributed by atoms with Crippen molar-refractivity contribution < 1.29 is 4.74 Å². The summed E-state index contributed by atoms with van der Waals surface area (Å²) in [5.74, 6) is 1.85. The van der Waals surface area contributed by atoms with Crippen molar-refractivity contribution in [3.8, 4) is 11.7 Å². The number of ether oxygens (including phenoxy) is 1. The molecular formula is C8H10N6O. The van der Waals surface area contributed by atoms with Crippen LogP contribution in [0.4, 0.5) is 5.95 Å². The molecule has 0 amide bonds. The summed E-state index contributed by atoms with van der Waals surface area (Å²) in [4.78, 5) is 12.0. The number of methoxy groups -OCH3 is 1. The third-order valence-corrected chi connectivity index (χ3v) is 1.75. The number of nitrogens with zero attached hydrogens (tertiary/aromatic N) is 5. The topological polar surface area (TPSA) is 91.7 Å². The quantitative estimate of drug-likeness (QED) is 0.741. The molecule has 0 unspecified atom stereocenters. The third-order valence-electron chi connectivity index (χ3n) is 1.75. The number of anilines is 1. The van der Waals surface area contributed by atoms with Crippen molar-refractivity contribution in [1.29, 1.82) is 0 Å². The minimum atomic E-state index is 0.199. The van der Waals surface area contributed by atoms with Crippen molar-refractivity contribution in [3.05, 3.63) is 18.2 Å². The second kappa shape index (κ2) is 3.52. The van der Waals surface area contributed by atoms with Crippen molar-refractivity contribution in [2.45, 2.75) is 6.92 Å². The second-order valence-electron chi connectivity index (χ2n) is 2.86. The van der Waals surface area contributed by atoms with Crippen LogP contribution in [0.3, 0.4) is 0 Å². The molecule has 7 nitrogen and oxygen atoms in total. The number of hydrogen-bond acceptors (Lipinski definition) is 6. The molecule has 7 heteroatoms. The summed E-state index contributed by atoms with van der Waals surface area (Å²) in [5.41, 5.74) is 5.41. The predicted octanol–water partition coefficient (Wildman–Crippen LogP) is -0.0435. The number of aryl methyl sites for hydroxylation is 1. The van der Waals surface area contributed by atoms with Gasteiger partial charge >= 0.3 is 0 Å². The van der Waals surface area contributed by atoms with E-state index in [2.05, 4.69) is 20.1 Å². The number of nitrogen functional groups attached to an aromatic ring is 1. The van der Waals surface area contributed by atoms with Crippen LogP contribution < -0.4 is 10.5 Å². The summed E-state index contributed by atoms with van der Waals surface area (Å²) in [7, 11) is 1.54. The van der Waals surface area contributed by atoms with Gasteiger partial charge in [-0.3, -0.25) is 0 Å². The van der Waals surface area contributed by atoms with Gasteiger partial charge in [0, 0.05) is 6.07 Å². The average molecular weight is 206 g/mol. The Morgan fingerprint density at radius 2 is 2.20 bits per heavy atom. The van der Waals surface area contributed by atoms with Gasteiger partial charge in [0.2, 0.25) is 11.8 Å². The first-order chi connectivity index (χ1) is 7.19. The van der Waals surface area contributed by atoms with E-state index in [4.69, 9.17) is 10.5 Å². The summed E-state index contributed by atoms with van der Waals surface area (Å²) in [6.45, 7) is 1.77. The zero-order valence-corrected chi connectivity index (χ0v) is 8.38. The van der Waals surface area contributed by atoms with Crippen LogP contribution in [0.2, 0.25) is 0 Å². The minimum Gasteiger partial charge on any atom is -0.481 e. The Balaban J connectivity index is 2.48. The molecular weight excluding hydrogens is 196 g/mol. The Labute approximate surface area is 85.9 Å². The molecule has 0 aromatic carbocycles. The van der Waals surface area contributed by atoms with Crippen molar-refractivity contribution in [1.82, 2.24) is 24.7 Å². The molecule has 2 rings (SSSR count). The van der Waals surface area contributed by atoms with Gasteiger partial charge in [-0.05, 0) is 6.92 Å². The lowest BCUT2D eigenvalue weighted by Crippen LogP contribution is -2.03. The molecule has 0 atom stereocenters. The van der Waals surface area contributed by atoms with Crippen LogP contribution in [-0.4, -0.2) is 31.8 Å². The highest BCUT2D eigenvalue weighted by atomic mass is 16.5. The highest BCUT2D eigenvalue weighted by Gasteiger charge is 2.05. The molecule has 0 bridgehead atoms. The van der Waals surface area contributed by atoms with Gasteiger partial charge in [-0.15, -0.1) is 5.10 Å². The van der Waals surface area contributed by atoms with E-state index in [-0.39, 0.29) is 5.95 Å². The molecule has 0 aliphatic carbocycles. The molecule has 78 valence electrons. The maximum Gasteiger partial charge on any atom is 0.239 e. The smallest absolute Gasteiger partial charge is 0.239 e. The Morgan fingerprint density at radius 3 is 2.80 bits per heavy atom. The lowest BCUT2D eigenvalue weighted by atomic mass is 10.5. The monoisotopic (exact) mass is 206 g/mol. The van der Waals surface area contributed by atoms with Gasteiger partial charge in [0.25, 0.3) is 0 Å². The van der Waals surface area contributed by atoms with Gasteiger partial charge in [0.1, 0.15) is 12.2 Å². The lowest BCUT2D eigenvalue weighted by Gasteiger charge is -2.03. The highest BCUT2D eigenvalue weighted by molar-refractivity contribution is 5.28. The van der Waals surface area contributed by atoms with E-state index in [9.17, 15) is 0 Å². The second-order valence-corrected chi connectivity index (χ2v) is 2.86. The molecule has 0 aliphatic heterocycles. The van der Waals surface area contributed by atoms with Gasteiger partial charge in [-0.25, -0.2) is 14.6 Å². The Hall–Kier alpha value is -2.18. The molecule has 2 heterocycles. The van der Waals surface area contributed by atoms with E-state index in [1.807, 2.05) is 0 Å². The van der Waals surface area contributed by atoms with Gasteiger partial charge in [0.05, 0.1) is 7.11 Å². The Kier molecular flexibility index (Phi) is 2.20. The first-order valence-corrected chi connectivity index (χ1v) is 4.26. The third kappa shape index (κ3) is 1.85. The van der Waals surface area contributed by atoms with E-state index in [1.165, 1.54) is 11.0 Å². The molecule has 15 heavy (non-hydrogen) atoms. The van der Waals surface area contributed by atoms with E-state index in [0.29, 0.717) is 17.5 Å². The van der Waals surface area contributed by atoms with Crippen LogP contribution >= 0.6 is 0 Å². The number of nitrogens with two attached hydrogens (primary N) is 1. The van der Waals surface area contributed by atoms with Crippen LogP contribution in [0.1, 0.15) is 5.82 Å². The summed E-state index contributed by atoms with van der Waals surface area (Å²) in [6, 6.07) is 1.65. The van der Waals surface area contributed by atoms with Crippen LogP contribution in [0, 0.1) is 6.92 Å². The fourth-order valence-electron chi connectivity index (χ4n) is 1.13. The Morgan fingerprint density at radius 1 is 1.40 bits per heavy atom. The fraction of sp³-hybridized carbons (Fsp3) is 0.250. The van der Waals surface area contributed by atoms with Crippen molar-refractivity contribution >= 4 is 5.95 Å². The van der Waals surface area contributed by atoms with Gasteiger partial charge in [-0.1, -0.05) is 0 Å². The largest absolute Gasteiger partial charge is 0.481 e. The molecule has 0 saturated carbocycles. The van der Waals surface area contributed by atoms with Crippen molar-refractivity contribution in [2.24, 2.45) is 0 Å². The van der Waals surface area contributed by atoms with Crippen LogP contribution in [0.25, 0.3) is 5.82 Å². The molecule has 0 saturated heterocycles. The normalized spacial score (nSPS) is 10.3. The molecule has 0 radical (unpaired) electrons. The molecule has 0 aliphatic rings. The van der Waals surface area contributed by atoms with Crippen LogP contribution in [-0.2, 0) is 0 Å².